The number of benzene rings is 1. The molecule has 0 aromatic heterocycles. The molecule has 2 amide bonds. The molecule has 1 saturated heterocycles. The Kier molecular flexibility index (Phi) is 7.68. The van der Waals surface area contributed by atoms with Crippen LogP contribution >= 0.6 is 0 Å². The van der Waals surface area contributed by atoms with Crippen molar-refractivity contribution in [3.05, 3.63) is 24.3 Å². The van der Waals surface area contributed by atoms with Crippen LogP contribution in [0.3, 0.4) is 0 Å². The fourth-order valence-corrected chi connectivity index (χ4v) is 2.85. The molecule has 26 heavy (non-hydrogen) atoms. The average Bonchev–Trinajstić information content (AvgIpc) is 2.61. The van der Waals surface area contributed by atoms with E-state index in [9.17, 15) is 14.7 Å². The molecule has 0 bridgehead atoms. The van der Waals surface area contributed by atoms with Crippen LogP contribution in [-0.4, -0.2) is 74.0 Å². The summed E-state index contributed by atoms with van der Waals surface area (Å²) in [4.78, 5) is 25.6. The van der Waals surface area contributed by atoms with Crippen molar-refractivity contribution in [3.63, 3.8) is 0 Å². The molecule has 2 rings (SSSR count). The van der Waals surface area contributed by atoms with Crippen molar-refractivity contribution >= 4 is 17.7 Å². The summed E-state index contributed by atoms with van der Waals surface area (Å²) in [5.41, 5.74) is 0.703. The van der Waals surface area contributed by atoms with Gasteiger partial charge in [0.15, 0.2) is 0 Å². The van der Waals surface area contributed by atoms with Crippen molar-refractivity contribution < 1.29 is 29.1 Å². The maximum absolute atomic E-state index is 11.7. The van der Waals surface area contributed by atoms with Gasteiger partial charge in [0, 0.05) is 12.6 Å². The fraction of sp³-hybridized carbons (Fsp3) is 0.556. The van der Waals surface area contributed by atoms with E-state index in [0.29, 0.717) is 37.7 Å². The monoisotopic (exact) mass is 366 g/mol. The molecule has 1 aliphatic heterocycles. The third-order valence-electron chi connectivity index (χ3n) is 4.14. The van der Waals surface area contributed by atoms with Gasteiger partial charge in [-0.15, -0.1) is 0 Å². The first kappa shape index (κ1) is 20.0. The number of hydrogen-bond donors (Lipinski definition) is 3. The van der Waals surface area contributed by atoms with E-state index in [-0.39, 0.29) is 18.6 Å². The number of anilines is 1. The van der Waals surface area contributed by atoms with E-state index in [1.54, 1.807) is 36.1 Å². The summed E-state index contributed by atoms with van der Waals surface area (Å²) in [5.74, 6) is 0.514. The molecule has 8 heteroatoms. The summed E-state index contributed by atoms with van der Waals surface area (Å²) in [5, 5.41) is 12.9. The standard InChI is InChI=1S/C18H27N3O5/c1-3-25-18(24)21-10-8-20(9-11-21)12-16(23)13-26-17-6-4-15(5-7-17)19-14(2)22/h4-7,16,23H,3,8-13H2,1-2H3,(H,19,22)/p+1/t16-/m1/s1. The highest BCUT2D eigenvalue weighted by Gasteiger charge is 2.26. The summed E-state index contributed by atoms with van der Waals surface area (Å²) < 4.78 is 10.6. The van der Waals surface area contributed by atoms with Crippen LogP contribution in [0.25, 0.3) is 0 Å². The largest absolute Gasteiger partial charge is 0.491 e. The van der Waals surface area contributed by atoms with Crippen molar-refractivity contribution in [2.24, 2.45) is 0 Å². The Balaban J connectivity index is 1.68. The topological polar surface area (TPSA) is 92.5 Å². The van der Waals surface area contributed by atoms with Crippen molar-refractivity contribution in [2.45, 2.75) is 20.0 Å². The number of amides is 2. The second-order valence-corrected chi connectivity index (χ2v) is 6.31. The maximum Gasteiger partial charge on any atom is 0.410 e. The number of rotatable bonds is 7. The highest BCUT2D eigenvalue weighted by atomic mass is 16.6. The number of carbonyl (C=O) groups excluding carboxylic acids is 2. The number of aliphatic hydroxyl groups is 1. The highest BCUT2D eigenvalue weighted by molar-refractivity contribution is 5.88. The van der Waals surface area contributed by atoms with E-state index in [2.05, 4.69) is 5.32 Å². The third-order valence-corrected chi connectivity index (χ3v) is 4.14. The first-order valence-corrected chi connectivity index (χ1v) is 8.91. The Morgan fingerprint density at radius 3 is 2.50 bits per heavy atom. The van der Waals surface area contributed by atoms with Crippen LogP contribution in [0.15, 0.2) is 24.3 Å². The molecule has 0 unspecified atom stereocenters. The lowest BCUT2D eigenvalue weighted by atomic mass is 10.2. The van der Waals surface area contributed by atoms with E-state index in [1.807, 2.05) is 0 Å². The molecule has 3 N–H and O–H groups in total. The van der Waals surface area contributed by atoms with Gasteiger partial charge in [0.25, 0.3) is 0 Å². The van der Waals surface area contributed by atoms with Gasteiger partial charge in [-0.1, -0.05) is 0 Å². The molecule has 1 heterocycles. The van der Waals surface area contributed by atoms with E-state index < -0.39 is 6.10 Å². The van der Waals surface area contributed by atoms with E-state index in [4.69, 9.17) is 9.47 Å². The normalized spacial score (nSPS) is 16.0. The Hall–Kier alpha value is -2.32. The van der Waals surface area contributed by atoms with Gasteiger partial charge in [0.2, 0.25) is 5.91 Å². The van der Waals surface area contributed by atoms with E-state index >= 15 is 0 Å². The predicted molar refractivity (Wildman–Crippen MR) is 96.4 cm³/mol. The predicted octanol–water partition coefficient (Wildman–Crippen LogP) is -0.258. The molecule has 1 aliphatic rings. The number of aliphatic hydroxyl groups excluding tert-OH is 1. The van der Waals surface area contributed by atoms with Crippen molar-refractivity contribution in [1.82, 2.24) is 4.90 Å². The molecule has 0 radical (unpaired) electrons. The highest BCUT2D eigenvalue weighted by Crippen LogP contribution is 2.15. The molecule has 1 aromatic rings. The van der Waals surface area contributed by atoms with Crippen molar-refractivity contribution in [1.29, 1.82) is 0 Å². The smallest absolute Gasteiger partial charge is 0.410 e. The lowest BCUT2D eigenvalue weighted by molar-refractivity contribution is -0.907. The second-order valence-electron chi connectivity index (χ2n) is 6.31. The molecule has 0 spiro atoms. The molecule has 144 valence electrons. The number of hydrogen-bond acceptors (Lipinski definition) is 5. The summed E-state index contributed by atoms with van der Waals surface area (Å²) in [7, 11) is 0. The van der Waals surface area contributed by atoms with Crippen LogP contribution < -0.4 is 15.0 Å². The number of quaternary nitrogens is 1. The zero-order valence-corrected chi connectivity index (χ0v) is 15.4. The van der Waals surface area contributed by atoms with E-state index in [0.717, 1.165) is 13.1 Å². The number of carbonyl (C=O) groups is 2. The number of piperazine rings is 1. The SMILES string of the molecule is CCOC(=O)N1CC[NH+](C[C@@H](O)COc2ccc(NC(C)=O)cc2)CC1. The second kappa shape index (κ2) is 9.98. The van der Waals surface area contributed by atoms with Crippen LogP contribution in [-0.2, 0) is 9.53 Å². The fourth-order valence-electron chi connectivity index (χ4n) is 2.85. The van der Waals surface area contributed by atoms with Crippen LogP contribution in [0, 0.1) is 0 Å². The Morgan fingerprint density at radius 1 is 1.27 bits per heavy atom. The lowest BCUT2D eigenvalue weighted by Gasteiger charge is -2.32. The molecule has 0 saturated carbocycles. The number of nitrogens with zero attached hydrogens (tertiary/aromatic N) is 1. The molecular formula is C18H28N3O5+. The van der Waals surface area contributed by atoms with Crippen LogP contribution in [0.2, 0.25) is 0 Å². The molecule has 1 atom stereocenters. The molecular weight excluding hydrogens is 338 g/mol. The molecule has 0 aliphatic carbocycles. The van der Waals surface area contributed by atoms with Gasteiger partial charge in [-0.2, -0.15) is 0 Å². The minimum absolute atomic E-state index is 0.125. The van der Waals surface area contributed by atoms with Crippen molar-refractivity contribution in [3.8, 4) is 5.75 Å². The number of nitrogens with one attached hydrogen (secondary N) is 2. The van der Waals surface area contributed by atoms with Gasteiger partial charge in [-0.05, 0) is 31.2 Å². The van der Waals surface area contributed by atoms with Crippen LogP contribution in [0.5, 0.6) is 5.75 Å². The minimum Gasteiger partial charge on any atom is -0.491 e. The summed E-state index contributed by atoms with van der Waals surface area (Å²) in [6.45, 7) is 7.22. The van der Waals surface area contributed by atoms with Gasteiger partial charge in [0.05, 0.1) is 32.8 Å². The summed E-state index contributed by atoms with van der Waals surface area (Å²) in [6.07, 6.45) is -0.854. The average molecular weight is 366 g/mol. The van der Waals surface area contributed by atoms with Gasteiger partial charge >= 0.3 is 6.09 Å². The van der Waals surface area contributed by atoms with Gasteiger partial charge in [-0.3, -0.25) is 9.69 Å². The summed E-state index contributed by atoms with van der Waals surface area (Å²) in [6, 6.07) is 7.01. The molecule has 1 aromatic carbocycles. The zero-order valence-electron chi connectivity index (χ0n) is 15.4. The van der Waals surface area contributed by atoms with Crippen LogP contribution in [0.4, 0.5) is 10.5 Å². The van der Waals surface area contributed by atoms with E-state index in [1.165, 1.54) is 11.8 Å². The quantitative estimate of drug-likeness (QED) is 0.618. The van der Waals surface area contributed by atoms with Gasteiger partial charge < -0.3 is 24.8 Å². The lowest BCUT2D eigenvalue weighted by Crippen LogP contribution is -3.16. The first-order valence-electron chi connectivity index (χ1n) is 8.91. The number of ether oxygens (including phenoxy) is 2. The van der Waals surface area contributed by atoms with Crippen molar-refractivity contribution in [2.75, 3.05) is 51.3 Å². The minimum atomic E-state index is -0.589. The maximum atomic E-state index is 11.7. The first-order chi connectivity index (χ1) is 12.5. The van der Waals surface area contributed by atoms with Crippen LogP contribution in [0.1, 0.15) is 13.8 Å². The zero-order chi connectivity index (χ0) is 18.9. The Morgan fingerprint density at radius 2 is 1.92 bits per heavy atom. The third kappa shape index (κ3) is 6.53. The summed E-state index contributed by atoms with van der Waals surface area (Å²) >= 11 is 0. The van der Waals surface area contributed by atoms with Gasteiger partial charge in [0.1, 0.15) is 25.0 Å². The van der Waals surface area contributed by atoms with Gasteiger partial charge in [-0.25, -0.2) is 4.79 Å². The Labute approximate surface area is 153 Å². The Bertz CT molecular complexity index is 585. The molecule has 8 nitrogen and oxygen atoms in total. The molecule has 1 fully saturated rings.